The molecule has 1 aromatic heterocycles. The summed E-state index contributed by atoms with van der Waals surface area (Å²) in [5.74, 6) is -0.978. The number of rotatable bonds is 8. The number of thioether (sulfide) groups is 1. The summed E-state index contributed by atoms with van der Waals surface area (Å²) in [6.45, 7) is 3.30. The molecule has 140 valence electrons. The Morgan fingerprint density at radius 3 is 2.73 bits per heavy atom. The number of carboxylic acid groups (broad SMARTS) is 1. The molecule has 0 radical (unpaired) electrons. The van der Waals surface area contributed by atoms with Gasteiger partial charge in [-0.25, -0.2) is 4.79 Å². The zero-order valence-electron chi connectivity index (χ0n) is 14.7. The van der Waals surface area contributed by atoms with E-state index in [0.29, 0.717) is 17.1 Å². The van der Waals surface area contributed by atoms with E-state index >= 15 is 0 Å². The molecule has 2 aromatic rings. The van der Waals surface area contributed by atoms with Crippen molar-refractivity contribution in [3.05, 3.63) is 40.2 Å². The van der Waals surface area contributed by atoms with Gasteiger partial charge in [-0.1, -0.05) is 0 Å². The van der Waals surface area contributed by atoms with Crippen LogP contribution >= 0.6 is 11.8 Å². The van der Waals surface area contributed by atoms with Crippen LogP contribution in [0.25, 0.3) is 11.0 Å². The van der Waals surface area contributed by atoms with Crippen molar-refractivity contribution in [1.82, 2.24) is 5.32 Å². The minimum Gasteiger partial charge on any atom is -0.548 e. The molecular weight excluding hydrogens is 358 g/mol. The van der Waals surface area contributed by atoms with Gasteiger partial charge in [-0.3, -0.25) is 4.79 Å². The monoisotopic (exact) mass is 378 g/mol. The van der Waals surface area contributed by atoms with E-state index in [9.17, 15) is 19.5 Å². The van der Waals surface area contributed by atoms with Gasteiger partial charge < -0.3 is 24.4 Å². The van der Waals surface area contributed by atoms with Gasteiger partial charge in [0, 0.05) is 17.5 Å². The number of carbonyl (C=O) groups is 2. The minimum atomic E-state index is -1.33. The van der Waals surface area contributed by atoms with E-state index in [0.717, 1.165) is 10.9 Å². The Morgan fingerprint density at radius 1 is 1.35 bits per heavy atom. The summed E-state index contributed by atoms with van der Waals surface area (Å²) in [4.78, 5) is 34.8. The van der Waals surface area contributed by atoms with Crippen LogP contribution in [0.15, 0.2) is 33.5 Å². The summed E-state index contributed by atoms with van der Waals surface area (Å²) in [6.07, 6.45) is 1.18. The number of aryl methyl sites for hydroxylation is 1. The standard InChI is InChI=1S/C18H21NO6S/c1-10-8-16(20)25-15-9-12(4-5-13(10)15)24-11(2)17(21)19-14(18(22)23)6-7-26-3/h4-5,8-9,11,14H,6-7H2,1-3H3,(H,19,21)(H,22,23)/p-1. The van der Waals surface area contributed by atoms with E-state index in [-0.39, 0.29) is 6.42 Å². The van der Waals surface area contributed by atoms with Crippen molar-refractivity contribution in [2.45, 2.75) is 32.4 Å². The Kier molecular flexibility index (Phi) is 6.68. The highest BCUT2D eigenvalue weighted by molar-refractivity contribution is 7.98. The third kappa shape index (κ3) is 5.01. The fourth-order valence-corrected chi connectivity index (χ4v) is 2.88. The first-order valence-electron chi connectivity index (χ1n) is 8.03. The van der Waals surface area contributed by atoms with Gasteiger partial charge in [0.2, 0.25) is 0 Å². The zero-order chi connectivity index (χ0) is 19.3. The van der Waals surface area contributed by atoms with E-state index in [4.69, 9.17) is 9.15 Å². The summed E-state index contributed by atoms with van der Waals surface area (Å²) >= 11 is 1.48. The predicted octanol–water partition coefficient (Wildman–Crippen LogP) is 0.857. The second kappa shape index (κ2) is 8.75. The molecule has 0 aliphatic carbocycles. The molecule has 0 aliphatic rings. The third-order valence-corrected chi connectivity index (χ3v) is 4.46. The smallest absolute Gasteiger partial charge is 0.336 e. The van der Waals surface area contributed by atoms with Gasteiger partial charge in [0.25, 0.3) is 5.91 Å². The van der Waals surface area contributed by atoms with Crippen molar-refractivity contribution in [2.24, 2.45) is 0 Å². The van der Waals surface area contributed by atoms with Crippen molar-refractivity contribution in [1.29, 1.82) is 0 Å². The third-order valence-electron chi connectivity index (χ3n) is 3.82. The van der Waals surface area contributed by atoms with Crippen molar-refractivity contribution in [3.63, 3.8) is 0 Å². The molecule has 2 rings (SSSR count). The van der Waals surface area contributed by atoms with Gasteiger partial charge in [-0.05, 0) is 50.0 Å². The van der Waals surface area contributed by atoms with Crippen LogP contribution in [-0.4, -0.2) is 36.0 Å². The molecule has 1 N–H and O–H groups in total. The molecule has 0 bridgehead atoms. The average Bonchev–Trinajstić information content (AvgIpc) is 2.57. The van der Waals surface area contributed by atoms with Crippen LogP contribution in [0.1, 0.15) is 18.9 Å². The maximum absolute atomic E-state index is 12.2. The molecular formula is C18H20NO6S-. The number of carbonyl (C=O) groups excluding carboxylic acids is 2. The van der Waals surface area contributed by atoms with Crippen LogP contribution in [0.5, 0.6) is 5.75 Å². The van der Waals surface area contributed by atoms with E-state index in [1.807, 2.05) is 6.26 Å². The van der Waals surface area contributed by atoms with Crippen molar-refractivity contribution in [3.8, 4) is 5.75 Å². The minimum absolute atomic E-state index is 0.266. The van der Waals surface area contributed by atoms with Crippen LogP contribution in [0.4, 0.5) is 0 Å². The van der Waals surface area contributed by atoms with Crippen molar-refractivity contribution in [2.75, 3.05) is 12.0 Å². The van der Waals surface area contributed by atoms with Crippen LogP contribution in [-0.2, 0) is 9.59 Å². The average molecular weight is 378 g/mol. The largest absolute Gasteiger partial charge is 0.548 e. The summed E-state index contributed by atoms with van der Waals surface area (Å²) in [5, 5.41) is 14.3. The number of carboxylic acids is 1. The van der Waals surface area contributed by atoms with Crippen molar-refractivity contribution >= 4 is 34.6 Å². The Morgan fingerprint density at radius 2 is 2.08 bits per heavy atom. The predicted molar refractivity (Wildman–Crippen MR) is 97.2 cm³/mol. The molecule has 0 spiro atoms. The first kappa shape index (κ1) is 19.8. The summed E-state index contributed by atoms with van der Waals surface area (Å²) < 4.78 is 10.7. The molecule has 1 aromatic carbocycles. The fourth-order valence-electron chi connectivity index (χ4n) is 2.41. The van der Waals surface area contributed by atoms with Crippen LogP contribution in [0.2, 0.25) is 0 Å². The molecule has 0 aliphatic heterocycles. The van der Waals surface area contributed by atoms with E-state index in [2.05, 4.69) is 5.32 Å². The van der Waals surface area contributed by atoms with Gasteiger partial charge in [-0.15, -0.1) is 0 Å². The molecule has 8 heteroatoms. The van der Waals surface area contributed by atoms with Crippen LogP contribution < -0.4 is 20.8 Å². The maximum atomic E-state index is 12.2. The topological polar surface area (TPSA) is 109 Å². The molecule has 26 heavy (non-hydrogen) atoms. The second-order valence-corrected chi connectivity index (χ2v) is 6.81. The summed E-state index contributed by atoms with van der Waals surface area (Å²) in [5.41, 5.74) is 0.662. The molecule has 0 saturated heterocycles. The van der Waals surface area contributed by atoms with E-state index < -0.39 is 29.6 Å². The van der Waals surface area contributed by atoms with Gasteiger partial charge in [-0.2, -0.15) is 11.8 Å². The molecule has 0 fully saturated rings. The lowest BCUT2D eigenvalue weighted by atomic mass is 10.1. The molecule has 1 heterocycles. The van der Waals surface area contributed by atoms with E-state index in [1.165, 1.54) is 30.8 Å². The number of benzene rings is 1. The Hall–Kier alpha value is -2.48. The van der Waals surface area contributed by atoms with Gasteiger partial charge in [0.1, 0.15) is 11.3 Å². The first-order valence-corrected chi connectivity index (χ1v) is 9.42. The zero-order valence-corrected chi connectivity index (χ0v) is 15.6. The number of hydrogen-bond donors (Lipinski definition) is 1. The highest BCUT2D eigenvalue weighted by Gasteiger charge is 2.20. The quantitative estimate of drug-likeness (QED) is 0.679. The Bertz CT molecular complexity index is 862. The Balaban J connectivity index is 2.09. The van der Waals surface area contributed by atoms with Gasteiger partial charge >= 0.3 is 5.63 Å². The SMILES string of the molecule is CSCCC(NC(=O)C(C)Oc1ccc2c(C)cc(=O)oc2c1)C(=O)[O-]. The number of fused-ring (bicyclic) bond motifs is 1. The lowest BCUT2D eigenvalue weighted by Gasteiger charge is -2.22. The normalized spacial score (nSPS) is 13.2. The Labute approximate surface area is 154 Å². The molecule has 7 nitrogen and oxygen atoms in total. The second-order valence-electron chi connectivity index (χ2n) is 5.83. The van der Waals surface area contributed by atoms with Crippen LogP contribution in [0.3, 0.4) is 0 Å². The molecule has 2 atom stereocenters. The summed E-state index contributed by atoms with van der Waals surface area (Å²) in [7, 11) is 0. The number of amides is 1. The summed E-state index contributed by atoms with van der Waals surface area (Å²) in [6, 6.07) is 5.24. The number of nitrogens with one attached hydrogen (secondary N) is 1. The molecule has 0 saturated carbocycles. The van der Waals surface area contributed by atoms with Crippen LogP contribution in [0, 0.1) is 6.92 Å². The van der Waals surface area contributed by atoms with Gasteiger partial charge in [0.15, 0.2) is 6.10 Å². The number of aliphatic carboxylic acids is 1. The van der Waals surface area contributed by atoms with Gasteiger partial charge in [0.05, 0.1) is 12.0 Å². The maximum Gasteiger partial charge on any atom is 0.336 e. The number of hydrogen-bond acceptors (Lipinski definition) is 7. The highest BCUT2D eigenvalue weighted by atomic mass is 32.2. The first-order chi connectivity index (χ1) is 12.3. The fraction of sp³-hybridized carbons (Fsp3) is 0.389. The highest BCUT2D eigenvalue weighted by Crippen LogP contribution is 2.23. The lowest BCUT2D eigenvalue weighted by molar-refractivity contribution is -0.308. The number of ether oxygens (including phenoxy) is 1. The van der Waals surface area contributed by atoms with Crippen molar-refractivity contribution < 1.29 is 23.8 Å². The lowest BCUT2D eigenvalue weighted by Crippen LogP contribution is -2.51. The van der Waals surface area contributed by atoms with E-state index in [1.54, 1.807) is 19.1 Å². The molecule has 1 amide bonds. The molecule has 2 unspecified atom stereocenters.